The summed E-state index contributed by atoms with van der Waals surface area (Å²) in [6, 6.07) is 6.19. The number of carbonyl (C=O) groups excluding carboxylic acids is 1. The quantitative estimate of drug-likeness (QED) is 0.762. The SMILES string of the molecule is Cc1nc(-c2ccc(F)cc2)sc1C(=O)NCCC1CCCNC1.Cl.Cl. The standard InChI is InChI=1S/C18H22FN3OS.2ClH/c1-12-16(17(23)21-10-8-13-3-2-9-20-11-13)24-18(22-12)14-4-6-15(19)7-5-14;;/h4-7,13,20H,2-3,8-11H2,1H3,(H,21,23);2*1H. The lowest BCUT2D eigenvalue weighted by Crippen LogP contribution is -2.33. The van der Waals surface area contributed by atoms with Gasteiger partial charge in [-0.2, -0.15) is 0 Å². The number of rotatable bonds is 5. The Morgan fingerprint density at radius 2 is 2.08 bits per heavy atom. The maximum atomic E-state index is 13.0. The van der Waals surface area contributed by atoms with Crippen LogP contribution in [0.2, 0.25) is 0 Å². The fourth-order valence-electron chi connectivity index (χ4n) is 2.96. The fourth-order valence-corrected chi connectivity index (χ4v) is 3.95. The van der Waals surface area contributed by atoms with Crippen molar-refractivity contribution >= 4 is 42.1 Å². The number of carbonyl (C=O) groups is 1. The summed E-state index contributed by atoms with van der Waals surface area (Å²) in [7, 11) is 0. The van der Waals surface area contributed by atoms with Crippen molar-refractivity contribution in [3.05, 3.63) is 40.7 Å². The maximum absolute atomic E-state index is 13.0. The minimum atomic E-state index is -0.276. The highest BCUT2D eigenvalue weighted by molar-refractivity contribution is 7.17. The van der Waals surface area contributed by atoms with Crippen molar-refractivity contribution in [3.8, 4) is 10.6 Å². The third-order valence-corrected chi connectivity index (χ3v) is 5.54. The van der Waals surface area contributed by atoms with E-state index in [2.05, 4.69) is 15.6 Å². The van der Waals surface area contributed by atoms with E-state index in [-0.39, 0.29) is 36.5 Å². The van der Waals surface area contributed by atoms with E-state index in [0.717, 1.165) is 35.8 Å². The van der Waals surface area contributed by atoms with Gasteiger partial charge in [-0.05, 0) is 69.5 Å². The van der Waals surface area contributed by atoms with E-state index in [1.165, 1.54) is 36.3 Å². The van der Waals surface area contributed by atoms with Gasteiger partial charge in [0.1, 0.15) is 15.7 Å². The summed E-state index contributed by atoms with van der Waals surface area (Å²) in [5, 5.41) is 7.14. The molecule has 4 nitrogen and oxygen atoms in total. The molecule has 144 valence electrons. The second-order valence-corrected chi connectivity index (χ2v) is 7.20. The minimum Gasteiger partial charge on any atom is -0.351 e. The number of hydrogen-bond acceptors (Lipinski definition) is 4. The predicted molar refractivity (Wildman–Crippen MR) is 109 cm³/mol. The van der Waals surface area contributed by atoms with Gasteiger partial charge in [0, 0.05) is 12.1 Å². The van der Waals surface area contributed by atoms with Gasteiger partial charge in [0.05, 0.1) is 5.69 Å². The number of nitrogens with zero attached hydrogens (tertiary/aromatic N) is 1. The van der Waals surface area contributed by atoms with Gasteiger partial charge >= 0.3 is 0 Å². The summed E-state index contributed by atoms with van der Waals surface area (Å²) < 4.78 is 13.0. The monoisotopic (exact) mass is 419 g/mol. The molecule has 2 N–H and O–H groups in total. The largest absolute Gasteiger partial charge is 0.351 e. The van der Waals surface area contributed by atoms with Crippen molar-refractivity contribution in [1.82, 2.24) is 15.6 Å². The third kappa shape index (κ3) is 5.91. The van der Waals surface area contributed by atoms with Crippen molar-refractivity contribution in [2.75, 3.05) is 19.6 Å². The number of aromatic nitrogens is 1. The van der Waals surface area contributed by atoms with E-state index in [1.807, 2.05) is 6.92 Å². The smallest absolute Gasteiger partial charge is 0.263 e. The molecule has 1 amide bonds. The molecule has 0 saturated carbocycles. The first kappa shape index (κ1) is 22.8. The zero-order chi connectivity index (χ0) is 16.9. The van der Waals surface area contributed by atoms with Gasteiger partial charge in [-0.25, -0.2) is 9.37 Å². The zero-order valence-electron chi connectivity index (χ0n) is 14.6. The first-order valence-electron chi connectivity index (χ1n) is 8.36. The average Bonchev–Trinajstić information content (AvgIpc) is 2.98. The van der Waals surface area contributed by atoms with Crippen molar-refractivity contribution in [1.29, 1.82) is 0 Å². The van der Waals surface area contributed by atoms with Crippen LogP contribution in [-0.4, -0.2) is 30.5 Å². The Balaban J connectivity index is 0.00000169. The highest BCUT2D eigenvalue weighted by atomic mass is 35.5. The molecule has 1 saturated heterocycles. The number of halogens is 3. The van der Waals surface area contributed by atoms with Crippen LogP contribution >= 0.6 is 36.2 Å². The summed E-state index contributed by atoms with van der Waals surface area (Å²) in [4.78, 5) is 17.5. The molecule has 2 aromatic rings. The molecular weight excluding hydrogens is 396 g/mol. The predicted octanol–water partition coefficient (Wildman–Crippen LogP) is 4.22. The molecule has 0 bridgehead atoms. The Morgan fingerprint density at radius 1 is 1.35 bits per heavy atom. The van der Waals surface area contributed by atoms with Crippen LogP contribution in [0.5, 0.6) is 0 Å². The van der Waals surface area contributed by atoms with Crippen molar-refractivity contribution < 1.29 is 9.18 Å². The topological polar surface area (TPSA) is 54.0 Å². The lowest BCUT2D eigenvalue weighted by Gasteiger charge is -2.22. The summed E-state index contributed by atoms with van der Waals surface area (Å²) in [6.07, 6.45) is 3.45. The van der Waals surface area contributed by atoms with Gasteiger partial charge < -0.3 is 10.6 Å². The number of amides is 1. The molecule has 1 aromatic heterocycles. The van der Waals surface area contributed by atoms with Crippen LogP contribution in [0, 0.1) is 18.7 Å². The highest BCUT2D eigenvalue weighted by Crippen LogP contribution is 2.28. The summed E-state index contributed by atoms with van der Waals surface area (Å²) in [5.41, 5.74) is 1.55. The van der Waals surface area contributed by atoms with Crippen LogP contribution in [-0.2, 0) is 0 Å². The second kappa shape index (κ2) is 10.8. The molecular formula is C18H24Cl2FN3OS. The van der Waals surface area contributed by atoms with E-state index in [9.17, 15) is 9.18 Å². The van der Waals surface area contributed by atoms with Crippen molar-refractivity contribution in [2.24, 2.45) is 5.92 Å². The Labute approximate surface area is 169 Å². The van der Waals surface area contributed by atoms with E-state index in [1.54, 1.807) is 12.1 Å². The van der Waals surface area contributed by atoms with Gasteiger partial charge in [-0.1, -0.05) is 0 Å². The molecule has 26 heavy (non-hydrogen) atoms. The number of thiazole rings is 1. The second-order valence-electron chi connectivity index (χ2n) is 6.20. The molecule has 0 radical (unpaired) electrons. The van der Waals surface area contributed by atoms with Crippen LogP contribution in [0.1, 0.15) is 34.6 Å². The van der Waals surface area contributed by atoms with E-state index < -0.39 is 0 Å². The molecule has 1 atom stereocenters. The Morgan fingerprint density at radius 3 is 2.73 bits per heavy atom. The molecule has 8 heteroatoms. The summed E-state index contributed by atoms with van der Waals surface area (Å²) >= 11 is 1.35. The number of aryl methyl sites for hydroxylation is 1. The molecule has 0 spiro atoms. The van der Waals surface area contributed by atoms with Crippen molar-refractivity contribution in [2.45, 2.75) is 26.2 Å². The molecule has 1 aliphatic heterocycles. The minimum absolute atomic E-state index is 0. The van der Waals surface area contributed by atoms with Gasteiger partial charge in [0.2, 0.25) is 0 Å². The first-order chi connectivity index (χ1) is 11.6. The van der Waals surface area contributed by atoms with Crippen LogP contribution in [0.4, 0.5) is 4.39 Å². The number of benzene rings is 1. The Hall–Kier alpha value is -1.21. The zero-order valence-corrected chi connectivity index (χ0v) is 17.0. The summed E-state index contributed by atoms with van der Waals surface area (Å²) in [5.74, 6) is 0.306. The normalized spacial score (nSPS) is 16.3. The van der Waals surface area contributed by atoms with Crippen LogP contribution in [0.15, 0.2) is 24.3 Å². The van der Waals surface area contributed by atoms with Crippen LogP contribution in [0.3, 0.4) is 0 Å². The summed E-state index contributed by atoms with van der Waals surface area (Å²) in [6.45, 7) is 4.68. The van der Waals surface area contributed by atoms with Crippen molar-refractivity contribution in [3.63, 3.8) is 0 Å². The van der Waals surface area contributed by atoms with Gasteiger partial charge in [-0.3, -0.25) is 4.79 Å². The molecule has 0 aliphatic carbocycles. The van der Waals surface area contributed by atoms with Crippen LogP contribution < -0.4 is 10.6 Å². The molecule has 1 unspecified atom stereocenters. The van der Waals surface area contributed by atoms with E-state index in [0.29, 0.717) is 17.3 Å². The highest BCUT2D eigenvalue weighted by Gasteiger charge is 2.17. The maximum Gasteiger partial charge on any atom is 0.263 e. The Kier molecular flexibility index (Phi) is 9.50. The number of hydrogen-bond donors (Lipinski definition) is 2. The molecule has 3 rings (SSSR count). The molecule has 1 fully saturated rings. The van der Waals surface area contributed by atoms with E-state index >= 15 is 0 Å². The Bertz CT molecular complexity index is 703. The molecule has 1 aromatic carbocycles. The average molecular weight is 420 g/mol. The van der Waals surface area contributed by atoms with Gasteiger partial charge in [0.25, 0.3) is 5.91 Å². The van der Waals surface area contributed by atoms with Crippen LogP contribution in [0.25, 0.3) is 10.6 Å². The number of nitrogens with one attached hydrogen (secondary N) is 2. The molecule has 2 heterocycles. The lowest BCUT2D eigenvalue weighted by molar-refractivity contribution is 0.0954. The lowest BCUT2D eigenvalue weighted by atomic mass is 9.96. The van der Waals surface area contributed by atoms with Gasteiger partial charge in [-0.15, -0.1) is 36.2 Å². The third-order valence-electron chi connectivity index (χ3n) is 4.33. The van der Waals surface area contributed by atoms with Gasteiger partial charge in [0.15, 0.2) is 0 Å². The molecule has 1 aliphatic rings. The van der Waals surface area contributed by atoms with E-state index in [4.69, 9.17) is 0 Å². The first-order valence-corrected chi connectivity index (χ1v) is 9.17. The fraction of sp³-hybridized carbons (Fsp3) is 0.444. The number of piperidine rings is 1.